The average molecular weight is 398 g/mol. The molecule has 2 aromatic rings. The van der Waals surface area contributed by atoms with E-state index < -0.39 is 5.60 Å². The summed E-state index contributed by atoms with van der Waals surface area (Å²) in [7, 11) is 1.92. The summed E-state index contributed by atoms with van der Waals surface area (Å²) in [5.74, 6) is 0.863. The van der Waals surface area contributed by atoms with E-state index in [0.717, 1.165) is 22.6 Å². The first kappa shape index (κ1) is 21.7. The standard InChI is InChI=1S/C25H35NO3/c1-8-27-22-20-15-19(26-7)13-14-21(20)29-25(5,6)23(22)28-16-17-9-11-18(12-10-17)24(2,3)4/h9-15,22-23,26H,8,16H2,1-7H3. The lowest BCUT2D eigenvalue weighted by molar-refractivity contribution is -0.165. The minimum Gasteiger partial charge on any atom is -0.485 e. The average Bonchev–Trinajstić information content (AvgIpc) is 2.66. The summed E-state index contributed by atoms with van der Waals surface area (Å²) in [5, 5.41) is 3.20. The Hall–Kier alpha value is -2.04. The van der Waals surface area contributed by atoms with Crippen molar-refractivity contribution in [2.24, 2.45) is 0 Å². The van der Waals surface area contributed by atoms with Gasteiger partial charge in [-0.05, 0) is 55.5 Å². The number of ether oxygens (including phenoxy) is 3. The highest BCUT2D eigenvalue weighted by Crippen LogP contribution is 2.44. The third-order valence-corrected chi connectivity index (χ3v) is 5.53. The Labute approximate surface area is 175 Å². The maximum Gasteiger partial charge on any atom is 0.132 e. The van der Waals surface area contributed by atoms with E-state index in [1.165, 1.54) is 5.56 Å². The molecule has 4 nitrogen and oxygen atoms in total. The highest BCUT2D eigenvalue weighted by Gasteiger charge is 2.45. The molecule has 2 aromatic carbocycles. The zero-order valence-electron chi connectivity index (χ0n) is 18.8. The van der Waals surface area contributed by atoms with Crippen molar-refractivity contribution in [2.75, 3.05) is 19.0 Å². The van der Waals surface area contributed by atoms with Gasteiger partial charge in [0.25, 0.3) is 0 Å². The first-order chi connectivity index (χ1) is 13.7. The lowest BCUT2D eigenvalue weighted by Gasteiger charge is -2.44. The van der Waals surface area contributed by atoms with Crippen molar-refractivity contribution in [1.29, 1.82) is 0 Å². The molecular formula is C25H35NO3. The van der Waals surface area contributed by atoms with Crippen LogP contribution in [0, 0.1) is 0 Å². The van der Waals surface area contributed by atoms with Crippen molar-refractivity contribution >= 4 is 5.69 Å². The van der Waals surface area contributed by atoms with Gasteiger partial charge < -0.3 is 19.5 Å². The molecule has 29 heavy (non-hydrogen) atoms. The molecule has 0 aromatic heterocycles. The van der Waals surface area contributed by atoms with Gasteiger partial charge in [0.2, 0.25) is 0 Å². The van der Waals surface area contributed by atoms with E-state index in [9.17, 15) is 0 Å². The number of hydrogen-bond acceptors (Lipinski definition) is 4. The third kappa shape index (κ3) is 4.76. The highest BCUT2D eigenvalue weighted by atomic mass is 16.6. The highest BCUT2D eigenvalue weighted by molar-refractivity contribution is 5.53. The second kappa shape index (κ2) is 8.37. The van der Waals surface area contributed by atoms with Crippen LogP contribution >= 0.6 is 0 Å². The van der Waals surface area contributed by atoms with Gasteiger partial charge in [0.1, 0.15) is 23.6 Å². The van der Waals surface area contributed by atoms with Crippen LogP contribution < -0.4 is 10.1 Å². The number of hydrogen-bond donors (Lipinski definition) is 1. The predicted molar refractivity (Wildman–Crippen MR) is 119 cm³/mol. The van der Waals surface area contributed by atoms with E-state index >= 15 is 0 Å². The first-order valence-corrected chi connectivity index (χ1v) is 10.5. The molecular weight excluding hydrogens is 362 g/mol. The molecule has 0 bridgehead atoms. The minimum absolute atomic E-state index is 0.146. The lowest BCUT2D eigenvalue weighted by atomic mass is 9.86. The molecule has 4 heteroatoms. The van der Waals surface area contributed by atoms with E-state index in [4.69, 9.17) is 14.2 Å². The second-order valence-corrected chi connectivity index (χ2v) is 9.26. The molecule has 0 radical (unpaired) electrons. The van der Waals surface area contributed by atoms with Crippen molar-refractivity contribution in [1.82, 2.24) is 0 Å². The van der Waals surface area contributed by atoms with Crippen molar-refractivity contribution in [3.05, 3.63) is 59.2 Å². The van der Waals surface area contributed by atoms with Crippen molar-refractivity contribution < 1.29 is 14.2 Å². The normalized spacial score (nSPS) is 20.7. The van der Waals surface area contributed by atoms with Gasteiger partial charge in [-0.1, -0.05) is 45.0 Å². The summed E-state index contributed by atoms with van der Waals surface area (Å²) in [5.41, 5.74) is 4.19. The number of nitrogens with one attached hydrogen (secondary N) is 1. The first-order valence-electron chi connectivity index (χ1n) is 10.5. The third-order valence-electron chi connectivity index (χ3n) is 5.53. The molecule has 1 N–H and O–H groups in total. The van der Waals surface area contributed by atoms with Crippen LogP contribution in [0.1, 0.15) is 64.3 Å². The van der Waals surface area contributed by atoms with Gasteiger partial charge in [0.05, 0.1) is 6.61 Å². The Morgan fingerprint density at radius 1 is 1.03 bits per heavy atom. The fourth-order valence-electron chi connectivity index (χ4n) is 3.82. The summed E-state index contributed by atoms with van der Waals surface area (Å²) in [4.78, 5) is 0. The SMILES string of the molecule is CCOC1c2cc(NC)ccc2OC(C)(C)C1OCc1ccc(C(C)(C)C)cc1. The Morgan fingerprint density at radius 2 is 1.72 bits per heavy atom. The molecule has 0 saturated heterocycles. The van der Waals surface area contributed by atoms with Gasteiger partial charge in [0.15, 0.2) is 0 Å². The topological polar surface area (TPSA) is 39.7 Å². The van der Waals surface area contributed by atoms with Crippen molar-refractivity contribution in [3.8, 4) is 5.75 Å². The molecule has 1 heterocycles. The Kier molecular flexibility index (Phi) is 6.25. The van der Waals surface area contributed by atoms with Gasteiger partial charge >= 0.3 is 0 Å². The summed E-state index contributed by atoms with van der Waals surface area (Å²) in [6.45, 7) is 14.0. The summed E-state index contributed by atoms with van der Waals surface area (Å²) in [6, 6.07) is 14.8. The van der Waals surface area contributed by atoms with E-state index in [1.54, 1.807) is 0 Å². The van der Waals surface area contributed by atoms with Crippen LogP contribution in [-0.4, -0.2) is 25.4 Å². The van der Waals surface area contributed by atoms with E-state index in [2.05, 4.69) is 70.3 Å². The Morgan fingerprint density at radius 3 is 2.31 bits per heavy atom. The van der Waals surface area contributed by atoms with E-state index in [-0.39, 0.29) is 17.6 Å². The number of anilines is 1. The molecule has 1 aliphatic rings. The number of fused-ring (bicyclic) bond motifs is 1. The van der Waals surface area contributed by atoms with Gasteiger partial charge in [-0.3, -0.25) is 0 Å². The molecule has 158 valence electrons. The molecule has 0 aliphatic carbocycles. The molecule has 2 atom stereocenters. The number of benzene rings is 2. The van der Waals surface area contributed by atoms with E-state index in [0.29, 0.717) is 13.2 Å². The zero-order chi connectivity index (χ0) is 21.2. The van der Waals surface area contributed by atoms with Gasteiger partial charge in [-0.15, -0.1) is 0 Å². The fraction of sp³-hybridized carbons (Fsp3) is 0.520. The second-order valence-electron chi connectivity index (χ2n) is 9.26. The molecule has 3 rings (SSSR count). The largest absolute Gasteiger partial charge is 0.485 e. The van der Waals surface area contributed by atoms with Gasteiger partial charge in [-0.25, -0.2) is 0 Å². The minimum atomic E-state index is -0.501. The maximum atomic E-state index is 6.43. The summed E-state index contributed by atoms with van der Waals surface area (Å²) in [6.07, 6.45) is -0.398. The van der Waals surface area contributed by atoms with Gasteiger partial charge in [0, 0.05) is 24.9 Å². The summed E-state index contributed by atoms with van der Waals surface area (Å²) < 4.78 is 18.9. The lowest BCUT2D eigenvalue weighted by Crippen LogP contribution is -2.51. The Balaban J connectivity index is 1.84. The molecule has 0 spiro atoms. The van der Waals surface area contributed by atoms with Crippen LogP contribution in [0.2, 0.25) is 0 Å². The smallest absolute Gasteiger partial charge is 0.132 e. The molecule has 0 fully saturated rings. The zero-order valence-corrected chi connectivity index (χ0v) is 18.8. The number of rotatable bonds is 6. The quantitative estimate of drug-likeness (QED) is 0.663. The Bertz CT molecular complexity index is 821. The van der Waals surface area contributed by atoms with Crippen LogP contribution in [0.25, 0.3) is 0 Å². The van der Waals surface area contributed by atoms with Gasteiger partial charge in [-0.2, -0.15) is 0 Å². The van der Waals surface area contributed by atoms with Crippen molar-refractivity contribution in [2.45, 2.75) is 71.4 Å². The molecule has 1 aliphatic heterocycles. The van der Waals surface area contributed by atoms with Crippen LogP contribution in [0.15, 0.2) is 42.5 Å². The summed E-state index contributed by atoms with van der Waals surface area (Å²) >= 11 is 0. The molecule has 0 amide bonds. The van der Waals surface area contributed by atoms with E-state index in [1.807, 2.05) is 26.1 Å². The van der Waals surface area contributed by atoms with Crippen LogP contribution in [0.5, 0.6) is 5.75 Å². The van der Waals surface area contributed by atoms with Crippen molar-refractivity contribution in [3.63, 3.8) is 0 Å². The van der Waals surface area contributed by atoms with Crippen LogP contribution in [-0.2, 0) is 21.5 Å². The molecule has 0 saturated carbocycles. The maximum absolute atomic E-state index is 6.43. The fourth-order valence-corrected chi connectivity index (χ4v) is 3.82. The van der Waals surface area contributed by atoms with Crippen LogP contribution in [0.3, 0.4) is 0 Å². The molecule has 2 unspecified atom stereocenters. The monoisotopic (exact) mass is 397 g/mol. The van der Waals surface area contributed by atoms with Crippen LogP contribution in [0.4, 0.5) is 5.69 Å². The predicted octanol–water partition coefficient (Wildman–Crippen LogP) is 5.86.